The van der Waals surface area contributed by atoms with E-state index in [0.29, 0.717) is 5.75 Å². The van der Waals surface area contributed by atoms with E-state index in [-0.39, 0.29) is 36.3 Å². The molecule has 1 rings (SSSR count). The van der Waals surface area contributed by atoms with Crippen molar-refractivity contribution >= 4 is 17.8 Å². The van der Waals surface area contributed by atoms with Gasteiger partial charge in [0.25, 0.3) is 11.8 Å². The first-order chi connectivity index (χ1) is 12.8. The highest BCUT2D eigenvalue weighted by Crippen LogP contribution is 2.28. The Morgan fingerprint density at radius 2 is 1.89 bits per heavy atom. The van der Waals surface area contributed by atoms with E-state index in [0.717, 1.165) is 0 Å². The molecule has 1 aromatic rings. The number of nitrogens with one attached hydrogen (secondary N) is 2. The third-order valence-corrected chi connectivity index (χ3v) is 3.45. The summed E-state index contributed by atoms with van der Waals surface area (Å²) in [4.78, 5) is 35.2. The van der Waals surface area contributed by atoms with Gasteiger partial charge in [-0.1, -0.05) is 12.2 Å². The number of amides is 2. The lowest BCUT2D eigenvalue weighted by Crippen LogP contribution is -2.40. The van der Waals surface area contributed by atoms with E-state index in [1.807, 2.05) is 13.8 Å². The van der Waals surface area contributed by atoms with Crippen LogP contribution in [0.5, 0.6) is 11.5 Å². The summed E-state index contributed by atoms with van der Waals surface area (Å²) in [6.45, 7) is 5.26. The first-order valence-corrected chi connectivity index (χ1v) is 8.53. The highest BCUT2D eigenvalue weighted by molar-refractivity contribution is 5.97. The molecule has 0 saturated heterocycles. The zero-order valence-electron chi connectivity index (χ0n) is 15.9. The zero-order valence-corrected chi connectivity index (χ0v) is 15.9. The van der Waals surface area contributed by atoms with E-state index in [4.69, 9.17) is 9.47 Å². The molecule has 8 nitrogen and oxygen atoms in total. The van der Waals surface area contributed by atoms with Gasteiger partial charge >= 0.3 is 5.97 Å². The number of carbonyl (C=O) groups is 3. The van der Waals surface area contributed by atoms with Crippen LogP contribution < -0.4 is 20.1 Å². The molecule has 8 heteroatoms. The normalized spacial score (nSPS) is 11.9. The number of benzene rings is 1. The van der Waals surface area contributed by atoms with Crippen molar-refractivity contribution in [2.24, 2.45) is 0 Å². The molecule has 0 fully saturated rings. The van der Waals surface area contributed by atoms with Gasteiger partial charge in [0.05, 0.1) is 7.11 Å². The summed E-state index contributed by atoms with van der Waals surface area (Å²) in [6, 6.07) is 3.37. The number of carbonyl (C=O) groups excluding carboxylic acids is 2. The first-order valence-electron chi connectivity index (χ1n) is 8.53. The van der Waals surface area contributed by atoms with Gasteiger partial charge in [-0.05, 0) is 45.4 Å². The SMILES string of the molecule is C/C=C/CC(NC(=O)c1ccc(OCC(=O)NC(C)C)c(OC)c1)C(=O)O. The summed E-state index contributed by atoms with van der Waals surface area (Å²) >= 11 is 0. The largest absolute Gasteiger partial charge is 0.493 e. The molecule has 3 N–H and O–H groups in total. The highest BCUT2D eigenvalue weighted by atomic mass is 16.5. The topological polar surface area (TPSA) is 114 Å². The van der Waals surface area contributed by atoms with Crippen LogP contribution in [-0.4, -0.2) is 48.7 Å². The van der Waals surface area contributed by atoms with E-state index in [1.54, 1.807) is 19.1 Å². The Kier molecular flexibility index (Phi) is 8.84. The maximum absolute atomic E-state index is 12.3. The molecule has 0 bridgehead atoms. The first kappa shape index (κ1) is 22.0. The summed E-state index contributed by atoms with van der Waals surface area (Å²) in [7, 11) is 1.41. The molecule has 0 spiro atoms. The van der Waals surface area contributed by atoms with Crippen molar-refractivity contribution in [1.29, 1.82) is 0 Å². The fraction of sp³-hybridized carbons (Fsp3) is 0.421. The van der Waals surface area contributed by atoms with Crippen LogP contribution in [0.25, 0.3) is 0 Å². The molecule has 0 aromatic heterocycles. The number of carboxylic acid groups (broad SMARTS) is 1. The summed E-state index contributed by atoms with van der Waals surface area (Å²) in [5.74, 6) is -1.38. The number of hydrogen-bond donors (Lipinski definition) is 3. The van der Waals surface area contributed by atoms with Crippen molar-refractivity contribution < 1.29 is 29.0 Å². The van der Waals surface area contributed by atoms with Crippen LogP contribution >= 0.6 is 0 Å². The molecule has 0 aliphatic heterocycles. The number of allylic oxidation sites excluding steroid dienone is 1. The van der Waals surface area contributed by atoms with Gasteiger partial charge in [-0.2, -0.15) is 0 Å². The van der Waals surface area contributed by atoms with Gasteiger partial charge < -0.3 is 25.2 Å². The van der Waals surface area contributed by atoms with E-state index in [2.05, 4.69) is 10.6 Å². The lowest BCUT2D eigenvalue weighted by atomic mass is 10.1. The van der Waals surface area contributed by atoms with Crippen molar-refractivity contribution in [3.63, 3.8) is 0 Å². The van der Waals surface area contributed by atoms with Gasteiger partial charge in [-0.15, -0.1) is 0 Å². The molecule has 0 aliphatic rings. The molecule has 0 radical (unpaired) electrons. The maximum atomic E-state index is 12.3. The summed E-state index contributed by atoms with van der Waals surface area (Å²) in [5, 5.41) is 14.4. The van der Waals surface area contributed by atoms with Crippen LogP contribution in [0, 0.1) is 0 Å². The number of carboxylic acids is 1. The Hall–Kier alpha value is -3.03. The molecule has 27 heavy (non-hydrogen) atoms. The monoisotopic (exact) mass is 378 g/mol. The minimum absolute atomic E-state index is 0.00111. The quantitative estimate of drug-likeness (QED) is 0.535. The van der Waals surface area contributed by atoms with Crippen LogP contribution in [0.3, 0.4) is 0 Å². The molecule has 0 heterocycles. The number of aliphatic carboxylic acids is 1. The third-order valence-electron chi connectivity index (χ3n) is 3.45. The molecule has 1 unspecified atom stereocenters. The van der Waals surface area contributed by atoms with Crippen LogP contribution in [-0.2, 0) is 9.59 Å². The molecule has 1 atom stereocenters. The smallest absolute Gasteiger partial charge is 0.326 e. The van der Waals surface area contributed by atoms with E-state index >= 15 is 0 Å². The number of methoxy groups -OCH3 is 1. The predicted octanol–water partition coefficient (Wildman–Crippen LogP) is 1.75. The Bertz CT molecular complexity index is 699. The standard InChI is InChI=1S/C19H26N2O6/c1-5-6-7-14(19(24)25)21-18(23)13-8-9-15(16(10-13)26-4)27-11-17(22)20-12(2)3/h5-6,8-10,12,14H,7,11H2,1-4H3,(H,20,22)(H,21,23)(H,24,25)/b6-5+. The van der Waals surface area contributed by atoms with Crippen LogP contribution in [0.2, 0.25) is 0 Å². The van der Waals surface area contributed by atoms with Crippen LogP contribution in [0.1, 0.15) is 37.6 Å². The van der Waals surface area contributed by atoms with Gasteiger partial charge in [0, 0.05) is 11.6 Å². The van der Waals surface area contributed by atoms with Crippen molar-refractivity contribution in [2.75, 3.05) is 13.7 Å². The third kappa shape index (κ3) is 7.39. The second-order valence-electron chi connectivity index (χ2n) is 6.05. The molecular formula is C19H26N2O6. The molecule has 0 aliphatic carbocycles. The molecule has 0 saturated carbocycles. The fourth-order valence-electron chi connectivity index (χ4n) is 2.17. The van der Waals surface area contributed by atoms with Gasteiger partial charge in [-0.3, -0.25) is 9.59 Å². The van der Waals surface area contributed by atoms with Crippen molar-refractivity contribution in [3.8, 4) is 11.5 Å². The molecular weight excluding hydrogens is 352 g/mol. The van der Waals surface area contributed by atoms with Crippen molar-refractivity contribution in [3.05, 3.63) is 35.9 Å². The number of hydrogen-bond acceptors (Lipinski definition) is 5. The fourth-order valence-corrected chi connectivity index (χ4v) is 2.17. The highest BCUT2D eigenvalue weighted by Gasteiger charge is 2.20. The predicted molar refractivity (Wildman–Crippen MR) is 100 cm³/mol. The van der Waals surface area contributed by atoms with Gasteiger partial charge in [0.2, 0.25) is 0 Å². The van der Waals surface area contributed by atoms with Crippen molar-refractivity contribution in [2.45, 2.75) is 39.3 Å². The summed E-state index contributed by atoms with van der Waals surface area (Å²) in [6.07, 6.45) is 3.56. The van der Waals surface area contributed by atoms with E-state index in [1.165, 1.54) is 25.3 Å². The summed E-state index contributed by atoms with van der Waals surface area (Å²) in [5.41, 5.74) is 0.220. The van der Waals surface area contributed by atoms with Gasteiger partial charge in [-0.25, -0.2) is 4.79 Å². The molecule has 148 valence electrons. The lowest BCUT2D eigenvalue weighted by Gasteiger charge is -2.15. The van der Waals surface area contributed by atoms with E-state index < -0.39 is 17.9 Å². The Morgan fingerprint density at radius 3 is 2.44 bits per heavy atom. The van der Waals surface area contributed by atoms with Crippen molar-refractivity contribution in [1.82, 2.24) is 10.6 Å². The average molecular weight is 378 g/mol. The van der Waals surface area contributed by atoms with Crippen LogP contribution in [0.4, 0.5) is 0 Å². The maximum Gasteiger partial charge on any atom is 0.326 e. The Labute approximate surface area is 158 Å². The Morgan fingerprint density at radius 1 is 1.19 bits per heavy atom. The summed E-state index contributed by atoms with van der Waals surface area (Å²) < 4.78 is 10.6. The van der Waals surface area contributed by atoms with Gasteiger partial charge in [0.1, 0.15) is 6.04 Å². The molecule has 2 amide bonds. The lowest BCUT2D eigenvalue weighted by molar-refractivity contribution is -0.139. The number of ether oxygens (including phenoxy) is 2. The van der Waals surface area contributed by atoms with Gasteiger partial charge in [0.15, 0.2) is 18.1 Å². The molecule has 1 aromatic carbocycles. The zero-order chi connectivity index (χ0) is 20.4. The average Bonchev–Trinajstić information content (AvgIpc) is 2.62. The second kappa shape index (κ2) is 10.8. The Balaban J connectivity index is 2.84. The number of rotatable bonds is 10. The van der Waals surface area contributed by atoms with E-state index in [9.17, 15) is 19.5 Å². The van der Waals surface area contributed by atoms with Crippen LogP contribution in [0.15, 0.2) is 30.4 Å². The minimum atomic E-state index is -1.12. The second-order valence-corrected chi connectivity index (χ2v) is 6.05. The minimum Gasteiger partial charge on any atom is -0.493 e.